The molecule has 6 heteroatoms. The molecular weight excluding hydrogens is 364 g/mol. The fourth-order valence-corrected chi connectivity index (χ4v) is 3.85. The molecule has 0 spiro atoms. The van der Waals surface area contributed by atoms with Crippen LogP contribution >= 0.6 is 0 Å². The van der Waals surface area contributed by atoms with Crippen LogP contribution in [-0.4, -0.2) is 45.9 Å². The molecule has 0 aliphatic carbocycles. The number of rotatable bonds is 9. The van der Waals surface area contributed by atoms with Gasteiger partial charge >= 0.3 is 0 Å². The first-order valence-corrected chi connectivity index (χ1v) is 10.7. The van der Waals surface area contributed by atoms with Crippen molar-refractivity contribution in [3.8, 4) is 0 Å². The first-order chi connectivity index (χ1) is 14.1. The van der Waals surface area contributed by atoms with E-state index in [2.05, 4.69) is 23.4 Å². The van der Waals surface area contributed by atoms with Crippen molar-refractivity contribution in [1.29, 1.82) is 0 Å². The molecule has 0 radical (unpaired) electrons. The molecule has 1 aliphatic heterocycles. The third-order valence-corrected chi connectivity index (χ3v) is 5.73. The molecule has 0 bridgehead atoms. The minimum Gasteiger partial charge on any atom is -0.353 e. The largest absolute Gasteiger partial charge is 0.353 e. The number of amides is 2. The Morgan fingerprint density at radius 2 is 1.97 bits per heavy atom. The molecule has 0 saturated carbocycles. The van der Waals surface area contributed by atoms with Crippen molar-refractivity contribution in [2.45, 2.75) is 52.0 Å². The second kappa shape index (κ2) is 10.2. The quantitative estimate of drug-likeness (QED) is 0.522. The number of para-hydroxylation sites is 2. The summed E-state index contributed by atoms with van der Waals surface area (Å²) in [5.74, 6) is 1.74. The van der Waals surface area contributed by atoms with E-state index >= 15 is 0 Å². The van der Waals surface area contributed by atoms with Crippen molar-refractivity contribution < 1.29 is 9.59 Å². The zero-order valence-electron chi connectivity index (χ0n) is 17.4. The Morgan fingerprint density at radius 1 is 1.21 bits per heavy atom. The number of piperidine rings is 1. The molecular formula is C23H32N4O2. The van der Waals surface area contributed by atoms with Crippen molar-refractivity contribution in [1.82, 2.24) is 19.8 Å². The predicted molar refractivity (Wildman–Crippen MR) is 115 cm³/mol. The van der Waals surface area contributed by atoms with Gasteiger partial charge in [0.15, 0.2) is 0 Å². The van der Waals surface area contributed by atoms with Gasteiger partial charge in [-0.15, -0.1) is 0 Å². The van der Waals surface area contributed by atoms with Crippen molar-refractivity contribution in [2.75, 3.05) is 19.6 Å². The Labute approximate surface area is 173 Å². The summed E-state index contributed by atoms with van der Waals surface area (Å²) in [6, 6.07) is 8.04. The van der Waals surface area contributed by atoms with Crippen LogP contribution in [0.3, 0.4) is 0 Å². The van der Waals surface area contributed by atoms with E-state index in [1.165, 1.54) is 6.08 Å². The van der Waals surface area contributed by atoms with E-state index < -0.39 is 0 Å². The molecule has 3 rings (SSSR count). The topological polar surface area (TPSA) is 67.2 Å². The average Bonchev–Trinajstić information content (AvgIpc) is 3.08. The van der Waals surface area contributed by atoms with E-state index in [0.29, 0.717) is 19.0 Å². The first kappa shape index (κ1) is 21.1. The Hall–Kier alpha value is -2.63. The van der Waals surface area contributed by atoms with Gasteiger partial charge in [-0.05, 0) is 49.8 Å². The minimum atomic E-state index is -0.127. The lowest BCUT2D eigenvalue weighted by Crippen LogP contribution is -2.39. The SMILES string of the molecule is C=CC(=O)NCCCCCc1nc2ccccc2n1CC(=O)N1CCC(C)CC1. The van der Waals surface area contributed by atoms with Gasteiger partial charge in [-0.25, -0.2) is 4.98 Å². The molecule has 0 unspecified atom stereocenters. The molecule has 29 heavy (non-hydrogen) atoms. The van der Waals surface area contributed by atoms with Gasteiger partial charge in [0, 0.05) is 26.1 Å². The Kier molecular flexibility index (Phi) is 7.44. The zero-order chi connectivity index (χ0) is 20.6. The summed E-state index contributed by atoms with van der Waals surface area (Å²) in [6.45, 7) is 8.45. The van der Waals surface area contributed by atoms with Crippen molar-refractivity contribution in [3.63, 3.8) is 0 Å². The number of benzene rings is 1. The summed E-state index contributed by atoms with van der Waals surface area (Å²) in [4.78, 5) is 30.9. The normalized spacial score (nSPS) is 14.9. The molecule has 2 amide bonds. The molecule has 1 saturated heterocycles. The van der Waals surface area contributed by atoms with Crippen LogP contribution in [0.5, 0.6) is 0 Å². The number of unbranched alkanes of at least 4 members (excludes halogenated alkanes) is 2. The Morgan fingerprint density at radius 3 is 2.72 bits per heavy atom. The Bertz CT molecular complexity index is 850. The number of imidazole rings is 1. The summed E-state index contributed by atoms with van der Waals surface area (Å²) >= 11 is 0. The van der Waals surface area contributed by atoms with E-state index in [-0.39, 0.29) is 11.8 Å². The number of fused-ring (bicyclic) bond motifs is 1. The number of likely N-dealkylation sites (tertiary alicyclic amines) is 1. The van der Waals surface area contributed by atoms with Crippen LogP contribution in [0.1, 0.15) is 44.9 Å². The fourth-order valence-electron chi connectivity index (χ4n) is 3.85. The van der Waals surface area contributed by atoms with E-state index in [1.54, 1.807) is 0 Å². The van der Waals surface area contributed by atoms with E-state index in [1.807, 2.05) is 29.2 Å². The summed E-state index contributed by atoms with van der Waals surface area (Å²) in [5, 5.41) is 2.80. The highest BCUT2D eigenvalue weighted by atomic mass is 16.2. The number of hydrogen-bond donors (Lipinski definition) is 1. The van der Waals surface area contributed by atoms with Crippen LogP contribution in [0.15, 0.2) is 36.9 Å². The van der Waals surface area contributed by atoms with Gasteiger partial charge in [0.2, 0.25) is 11.8 Å². The molecule has 1 aromatic heterocycles. The lowest BCUT2D eigenvalue weighted by molar-refractivity contribution is -0.133. The van der Waals surface area contributed by atoms with Crippen molar-refractivity contribution >= 4 is 22.8 Å². The van der Waals surface area contributed by atoms with Gasteiger partial charge in [-0.3, -0.25) is 9.59 Å². The maximum Gasteiger partial charge on any atom is 0.243 e. The number of nitrogens with zero attached hydrogens (tertiary/aromatic N) is 3. The van der Waals surface area contributed by atoms with E-state index in [0.717, 1.165) is 68.5 Å². The molecule has 0 atom stereocenters. The van der Waals surface area contributed by atoms with Gasteiger partial charge in [-0.2, -0.15) is 0 Å². The monoisotopic (exact) mass is 396 g/mol. The standard InChI is InChI=1S/C23H32N4O2/c1-3-22(28)24-14-8-4-5-11-21-25-19-9-6-7-10-20(19)27(21)17-23(29)26-15-12-18(2)13-16-26/h3,6-7,9-10,18H,1,4-5,8,11-17H2,2H3,(H,24,28). The third kappa shape index (κ3) is 5.68. The Balaban J connectivity index is 1.61. The molecule has 1 aromatic carbocycles. The zero-order valence-corrected chi connectivity index (χ0v) is 17.4. The summed E-state index contributed by atoms with van der Waals surface area (Å²) in [5.41, 5.74) is 1.97. The fraction of sp³-hybridized carbons (Fsp3) is 0.522. The van der Waals surface area contributed by atoms with Crippen LogP contribution < -0.4 is 5.32 Å². The van der Waals surface area contributed by atoms with Crippen molar-refractivity contribution in [2.24, 2.45) is 5.92 Å². The van der Waals surface area contributed by atoms with Crippen LogP contribution in [0, 0.1) is 5.92 Å². The lowest BCUT2D eigenvalue weighted by atomic mass is 9.99. The maximum absolute atomic E-state index is 12.9. The molecule has 156 valence electrons. The van der Waals surface area contributed by atoms with Crippen LogP contribution in [-0.2, 0) is 22.6 Å². The molecule has 1 aliphatic rings. The third-order valence-electron chi connectivity index (χ3n) is 5.73. The first-order valence-electron chi connectivity index (χ1n) is 10.7. The molecule has 1 fully saturated rings. The number of hydrogen-bond acceptors (Lipinski definition) is 3. The van der Waals surface area contributed by atoms with Gasteiger partial charge in [-0.1, -0.05) is 32.1 Å². The summed E-state index contributed by atoms with van der Waals surface area (Å²) < 4.78 is 2.09. The smallest absolute Gasteiger partial charge is 0.243 e. The van der Waals surface area contributed by atoms with Crippen LogP contribution in [0.2, 0.25) is 0 Å². The average molecular weight is 397 g/mol. The minimum absolute atomic E-state index is 0.127. The summed E-state index contributed by atoms with van der Waals surface area (Å²) in [6.07, 6.45) is 7.19. The number of aromatic nitrogens is 2. The van der Waals surface area contributed by atoms with Crippen LogP contribution in [0.25, 0.3) is 11.0 Å². The van der Waals surface area contributed by atoms with Gasteiger partial charge in [0.25, 0.3) is 0 Å². The number of carbonyl (C=O) groups is 2. The highest BCUT2D eigenvalue weighted by Gasteiger charge is 2.22. The predicted octanol–water partition coefficient (Wildman–Crippen LogP) is 3.31. The lowest BCUT2D eigenvalue weighted by Gasteiger charge is -2.30. The van der Waals surface area contributed by atoms with E-state index in [9.17, 15) is 9.59 Å². The maximum atomic E-state index is 12.9. The molecule has 6 nitrogen and oxygen atoms in total. The van der Waals surface area contributed by atoms with E-state index in [4.69, 9.17) is 4.98 Å². The molecule has 2 aromatic rings. The van der Waals surface area contributed by atoms with Gasteiger partial charge in [0.1, 0.15) is 12.4 Å². The number of carbonyl (C=O) groups excluding carboxylic acids is 2. The second-order valence-electron chi connectivity index (χ2n) is 7.97. The highest BCUT2D eigenvalue weighted by Crippen LogP contribution is 2.20. The number of nitrogens with one attached hydrogen (secondary N) is 1. The highest BCUT2D eigenvalue weighted by molar-refractivity contribution is 5.86. The van der Waals surface area contributed by atoms with Gasteiger partial charge in [0.05, 0.1) is 11.0 Å². The van der Waals surface area contributed by atoms with Crippen molar-refractivity contribution in [3.05, 3.63) is 42.7 Å². The number of aryl methyl sites for hydroxylation is 1. The van der Waals surface area contributed by atoms with Gasteiger partial charge < -0.3 is 14.8 Å². The molecule has 1 N–H and O–H groups in total. The van der Waals surface area contributed by atoms with Crippen LogP contribution in [0.4, 0.5) is 0 Å². The second-order valence-corrected chi connectivity index (χ2v) is 7.97. The summed E-state index contributed by atoms with van der Waals surface area (Å²) in [7, 11) is 0. The molecule has 2 heterocycles.